The Hall–Kier alpha value is -3.56. The highest BCUT2D eigenvalue weighted by Gasteiger charge is 2.14. The highest BCUT2D eigenvalue weighted by molar-refractivity contribution is 7.26. The lowest BCUT2D eigenvalue weighted by Gasteiger charge is -2.06. The molecule has 0 aliphatic carbocycles. The number of fused-ring (bicyclic) bond motifs is 4. The summed E-state index contributed by atoms with van der Waals surface area (Å²) in [5.41, 5.74) is 3.99. The number of thiophene rings is 1. The fourth-order valence-corrected chi connectivity index (χ4v) is 5.31. The van der Waals surface area contributed by atoms with E-state index in [0.717, 1.165) is 47.9 Å². The lowest BCUT2D eigenvalue weighted by molar-refractivity contribution is 0.630. The molecule has 0 atom stereocenters. The van der Waals surface area contributed by atoms with Crippen LogP contribution in [0.1, 0.15) is 0 Å². The number of hydrogen-bond acceptors (Lipinski definition) is 2. The van der Waals surface area contributed by atoms with Crippen LogP contribution in [0.5, 0.6) is 0 Å². The first-order valence-corrected chi connectivity index (χ1v) is 10.6. The fourth-order valence-electron chi connectivity index (χ4n) is 4.12. The van der Waals surface area contributed by atoms with Crippen LogP contribution >= 0.6 is 11.3 Å². The Balaban J connectivity index is 1.58. The van der Waals surface area contributed by atoms with Crippen molar-refractivity contribution in [1.29, 1.82) is 0 Å². The van der Waals surface area contributed by atoms with Crippen molar-refractivity contribution < 1.29 is 4.39 Å². The van der Waals surface area contributed by atoms with E-state index in [4.69, 9.17) is 0 Å². The van der Waals surface area contributed by atoms with Gasteiger partial charge in [0.2, 0.25) is 0 Å². The number of aromatic nitrogens is 1. The van der Waals surface area contributed by atoms with Crippen LogP contribution in [0.2, 0.25) is 0 Å². The first-order valence-electron chi connectivity index (χ1n) is 9.83. The van der Waals surface area contributed by atoms with E-state index in [1.807, 2.05) is 48.7 Å². The molecule has 0 amide bonds. The number of halogens is 1. The summed E-state index contributed by atoms with van der Waals surface area (Å²) >= 11 is 1.63. The lowest BCUT2D eigenvalue weighted by Crippen LogP contribution is -1.84. The summed E-state index contributed by atoms with van der Waals surface area (Å²) in [5, 5.41) is 4.57. The van der Waals surface area contributed by atoms with Gasteiger partial charge in [0.1, 0.15) is 5.82 Å². The van der Waals surface area contributed by atoms with Gasteiger partial charge in [0.05, 0.1) is 5.69 Å². The topological polar surface area (TPSA) is 12.9 Å². The van der Waals surface area contributed by atoms with Crippen molar-refractivity contribution in [3.05, 3.63) is 103 Å². The zero-order chi connectivity index (χ0) is 20.1. The van der Waals surface area contributed by atoms with Crippen molar-refractivity contribution in [3.63, 3.8) is 0 Å². The van der Waals surface area contributed by atoms with Crippen LogP contribution < -0.4 is 0 Å². The van der Waals surface area contributed by atoms with Gasteiger partial charge in [-0.3, -0.25) is 4.98 Å². The zero-order valence-corrected chi connectivity index (χ0v) is 16.8. The van der Waals surface area contributed by atoms with Crippen molar-refractivity contribution in [2.75, 3.05) is 0 Å². The number of pyridine rings is 1. The summed E-state index contributed by atoms with van der Waals surface area (Å²) in [6.45, 7) is 0. The highest BCUT2D eigenvalue weighted by Crippen LogP contribution is 2.41. The minimum Gasteiger partial charge on any atom is -0.256 e. The number of benzene rings is 4. The third-order valence-electron chi connectivity index (χ3n) is 5.55. The minimum absolute atomic E-state index is 0.204. The number of rotatable bonds is 2. The van der Waals surface area contributed by atoms with E-state index >= 15 is 0 Å². The zero-order valence-electron chi connectivity index (χ0n) is 16.0. The van der Waals surface area contributed by atoms with Gasteiger partial charge >= 0.3 is 0 Å². The third kappa shape index (κ3) is 2.78. The maximum Gasteiger partial charge on any atom is 0.125 e. The number of nitrogens with zero attached hydrogens (tertiary/aromatic N) is 1. The van der Waals surface area contributed by atoms with Gasteiger partial charge < -0.3 is 0 Å². The molecule has 0 aliphatic heterocycles. The van der Waals surface area contributed by atoms with Crippen molar-refractivity contribution in [2.24, 2.45) is 0 Å². The van der Waals surface area contributed by atoms with Crippen LogP contribution in [0, 0.1) is 5.82 Å². The van der Waals surface area contributed by atoms with E-state index in [-0.39, 0.29) is 5.82 Å². The fraction of sp³-hybridized carbons (Fsp3) is 0. The average Bonchev–Trinajstić information content (AvgIpc) is 3.16. The molecule has 30 heavy (non-hydrogen) atoms. The summed E-state index contributed by atoms with van der Waals surface area (Å²) in [6, 6.07) is 30.1. The lowest BCUT2D eigenvalue weighted by atomic mass is 9.98. The molecule has 0 bridgehead atoms. The molecular weight excluding hydrogens is 389 g/mol. The van der Waals surface area contributed by atoms with Gasteiger partial charge in [0.15, 0.2) is 0 Å². The molecule has 0 saturated carbocycles. The molecule has 142 valence electrons. The van der Waals surface area contributed by atoms with Gasteiger partial charge in [-0.2, -0.15) is 0 Å². The van der Waals surface area contributed by atoms with Crippen molar-refractivity contribution in [2.45, 2.75) is 0 Å². The Bertz CT molecular complexity index is 1550. The van der Waals surface area contributed by atoms with Gasteiger partial charge in [-0.15, -0.1) is 11.3 Å². The molecule has 0 radical (unpaired) electrons. The second kappa shape index (κ2) is 6.75. The molecule has 0 saturated heterocycles. The molecule has 6 aromatic rings. The largest absolute Gasteiger partial charge is 0.256 e. The van der Waals surface area contributed by atoms with E-state index in [2.05, 4.69) is 41.4 Å². The quantitative estimate of drug-likeness (QED) is 0.284. The SMILES string of the molecule is Fc1cc(-c2ccccc2)c2c(c1)sc1cc(-c3cc4ccccc4cn3)ccc12. The van der Waals surface area contributed by atoms with Crippen molar-refractivity contribution in [1.82, 2.24) is 4.98 Å². The minimum atomic E-state index is -0.204. The van der Waals surface area contributed by atoms with Crippen LogP contribution in [-0.2, 0) is 0 Å². The standard InChI is InChI=1S/C27H16FNS/c28-21-14-23(17-6-2-1-3-7-17)27-22-11-10-19(13-25(22)30-26(27)15-21)24-12-18-8-4-5-9-20(18)16-29-24/h1-16H. The maximum atomic E-state index is 14.4. The first-order chi connectivity index (χ1) is 14.8. The second-order valence-corrected chi connectivity index (χ2v) is 8.51. The van der Waals surface area contributed by atoms with E-state index in [1.165, 1.54) is 5.39 Å². The van der Waals surface area contributed by atoms with E-state index in [1.54, 1.807) is 23.5 Å². The summed E-state index contributed by atoms with van der Waals surface area (Å²) in [5.74, 6) is -0.204. The predicted molar refractivity (Wildman–Crippen MR) is 125 cm³/mol. The van der Waals surface area contributed by atoms with Crippen LogP contribution in [-0.4, -0.2) is 4.98 Å². The van der Waals surface area contributed by atoms with Gasteiger partial charge in [0.25, 0.3) is 0 Å². The summed E-state index contributed by atoms with van der Waals surface area (Å²) in [4.78, 5) is 4.66. The summed E-state index contributed by atoms with van der Waals surface area (Å²) < 4.78 is 16.5. The van der Waals surface area contributed by atoms with Crippen LogP contribution in [0.15, 0.2) is 97.2 Å². The molecule has 0 fully saturated rings. The molecule has 0 N–H and O–H groups in total. The van der Waals surface area contributed by atoms with Crippen molar-refractivity contribution in [3.8, 4) is 22.4 Å². The Labute approximate surface area is 177 Å². The molecule has 4 aromatic carbocycles. The van der Waals surface area contributed by atoms with E-state index in [0.29, 0.717) is 0 Å². The normalized spacial score (nSPS) is 11.5. The van der Waals surface area contributed by atoms with Gasteiger partial charge in [0, 0.05) is 37.3 Å². The second-order valence-electron chi connectivity index (χ2n) is 7.42. The van der Waals surface area contributed by atoms with Gasteiger partial charge in [-0.1, -0.05) is 66.7 Å². The summed E-state index contributed by atoms with van der Waals surface area (Å²) in [7, 11) is 0. The van der Waals surface area contributed by atoms with E-state index in [9.17, 15) is 4.39 Å². The van der Waals surface area contributed by atoms with Crippen molar-refractivity contribution >= 4 is 42.3 Å². The molecule has 2 aromatic heterocycles. The Morgan fingerprint density at radius 1 is 0.667 bits per heavy atom. The number of hydrogen-bond donors (Lipinski definition) is 0. The third-order valence-corrected chi connectivity index (χ3v) is 6.65. The van der Waals surface area contributed by atoms with Gasteiger partial charge in [-0.25, -0.2) is 4.39 Å². The Morgan fingerprint density at radius 3 is 2.33 bits per heavy atom. The van der Waals surface area contributed by atoms with E-state index < -0.39 is 0 Å². The predicted octanol–water partition coefficient (Wildman–Crippen LogP) is 8.08. The average molecular weight is 405 g/mol. The maximum absolute atomic E-state index is 14.4. The molecule has 0 aliphatic rings. The monoisotopic (exact) mass is 405 g/mol. The molecule has 3 heteroatoms. The highest BCUT2D eigenvalue weighted by atomic mass is 32.1. The molecule has 0 unspecified atom stereocenters. The summed E-state index contributed by atoms with van der Waals surface area (Å²) in [6.07, 6.45) is 1.92. The molecule has 1 nitrogen and oxygen atoms in total. The van der Waals surface area contributed by atoms with Crippen LogP contribution in [0.3, 0.4) is 0 Å². The van der Waals surface area contributed by atoms with Crippen LogP contribution in [0.4, 0.5) is 4.39 Å². The smallest absolute Gasteiger partial charge is 0.125 e. The van der Waals surface area contributed by atoms with Gasteiger partial charge in [-0.05, 0) is 40.8 Å². The first kappa shape index (κ1) is 17.3. The molecule has 2 heterocycles. The molecule has 0 spiro atoms. The Kier molecular flexibility index (Phi) is 3.90. The molecule has 6 rings (SSSR count). The molecular formula is C27H16FNS. The van der Waals surface area contributed by atoms with Crippen LogP contribution in [0.25, 0.3) is 53.3 Å². The Morgan fingerprint density at radius 2 is 1.47 bits per heavy atom.